The minimum atomic E-state index is -0.480. The Kier molecular flexibility index (Phi) is 5.80. The molecule has 0 saturated carbocycles. The zero-order chi connectivity index (χ0) is 17.6. The minimum absolute atomic E-state index is 0.0916. The number of hydrogen-bond acceptors (Lipinski definition) is 6. The van der Waals surface area contributed by atoms with E-state index in [1.807, 2.05) is 30.3 Å². The summed E-state index contributed by atoms with van der Waals surface area (Å²) in [6.07, 6.45) is -0.480. The second-order valence-corrected chi connectivity index (χ2v) is 6.37. The minimum Gasteiger partial charge on any atom is -0.387 e. The number of nitrogens with one attached hydrogen (secondary N) is 1. The first-order valence-electron chi connectivity index (χ1n) is 8.51. The van der Waals surface area contributed by atoms with Crippen LogP contribution in [-0.4, -0.2) is 65.2 Å². The van der Waals surface area contributed by atoms with Gasteiger partial charge in [-0.3, -0.25) is 14.6 Å². The molecule has 2 aromatic rings. The van der Waals surface area contributed by atoms with E-state index in [2.05, 4.69) is 20.3 Å². The van der Waals surface area contributed by atoms with Gasteiger partial charge in [-0.2, -0.15) is 0 Å². The van der Waals surface area contributed by atoms with Crippen molar-refractivity contribution in [2.75, 3.05) is 44.6 Å². The predicted octanol–water partition coefficient (Wildman–Crippen LogP) is 1.27. The molecule has 7 heteroatoms. The number of hydrogen-bond donors (Lipinski definition) is 2. The first-order valence-corrected chi connectivity index (χ1v) is 8.51. The summed E-state index contributed by atoms with van der Waals surface area (Å²) in [5, 5.41) is 16.8. The molecule has 0 spiro atoms. The molecule has 1 fully saturated rings. The summed E-state index contributed by atoms with van der Waals surface area (Å²) in [6.45, 7) is 6.00. The zero-order valence-electron chi connectivity index (χ0n) is 14.4. The molecular formula is C18H24N4O3. The van der Waals surface area contributed by atoms with Gasteiger partial charge in [0.15, 0.2) is 5.82 Å². The third kappa shape index (κ3) is 5.12. The Bertz CT molecular complexity index is 681. The number of carbonyl (C=O) groups excluding carboxylic acids is 1. The van der Waals surface area contributed by atoms with Gasteiger partial charge >= 0.3 is 0 Å². The highest BCUT2D eigenvalue weighted by Gasteiger charge is 2.21. The Morgan fingerprint density at radius 3 is 2.56 bits per heavy atom. The average molecular weight is 344 g/mol. The quantitative estimate of drug-likeness (QED) is 0.821. The lowest BCUT2D eigenvalue weighted by molar-refractivity contribution is -0.117. The highest BCUT2D eigenvalue weighted by Crippen LogP contribution is 2.15. The van der Waals surface area contributed by atoms with Gasteiger partial charge in [0.25, 0.3) is 0 Å². The van der Waals surface area contributed by atoms with Crippen LogP contribution in [-0.2, 0) is 4.79 Å². The standard InChI is InChI=1S/C18H24N4O3/c1-14-11-17(20-25-14)19-18(24)13-22-9-7-21(8-10-22)12-16(23)15-5-3-2-4-6-15/h2-6,11,16,23H,7-10,12-13H2,1H3,(H,19,20,24)/t16-/m1/s1. The molecule has 0 unspecified atom stereocenters. The Morgan fingerprint density at radius 2 is 1.92 bits per heavy atom. The molecule has 0 radical (unpaired) electrons. The number of nitrogens with zero attached hydrogens (tertiary/aromatic N) is 3. The third-order valence-corrected chi connectivity index (χ3v) is 4.34. The molecule has 1 aliphatic heterocycles. The fraction of sp³-hybridized carbons (Fsp3) is 0.444. The molecule has 2 N–H and O–H groups in total. The normalized spacial score (nSPS) is 17.4. The summed E-state index contributed by atoms with van der Waals surface area (Å²) in [6, 6.07) is 11.4. The van der Waals surface area contributed by atoms with Gasteiger partial charge in [0.05, 0.1) is 12.6 Å². The first-order chi connectivity index (χ1) is 12.1. The van der Waals surface area contributed by atoms with Crippen molar-refractivity contribution in [1.82, 2.24) is 15.0 Å². The van der Waals surface area contributed by atoms with Crippen molar-refractivity contribution in [3.05, 3.63) is 47.7 Å². The summed E-state index contributed by atoms with van der Waals surface area (Å²) in [7, 11) is 0. The number of aliphatic hydroxyl groups excluding tert-OH is 1. The maximum Gasteiger partial charge on any atom is 0.239 e. The molecule has 1 saturated heterocycles. The van der Waals surface area contributed by atoms with Crippen LogP contribution in [0.25, 0.3) is 0 Å². The van der Waals surface area contributed by atoms with E-state index in [-0.39, 0.29) is 5.91 Å². The van der Waals surface area contributed by atoms with E-state index in [9.17, 15) is 9.90 Å². The van der Waals surface area contributed by atoms with Crippen LogP contribution in [0.4, 0.5) is 5.82 Å². The van der Waals surface area contributed by atoms with Crippen molar-refractivity contribution in [2.24, 2.45) is 0 Å². The highest BCUT2D eigenvalue weighted by molar-refractivity contribution is 5.91. The van der Waals surface area contributed by atoms with Gasteiger partial charge in [-0.25, -0.2) is 0 Å². The Hall–Kier alpha value is -2.22. The first kappa shape index (κ1) is 17.6. The second kappa shape index (κ2) is 8.24. The maximum absolute atomic E-state index is 12.0. The molecule has 1 atom stereocenters. The molecule has 2 heterocycles. The van der Waals surface area contributed by atoms with Crippen LogP contribution in [0.3, 0.4) is 0 Å². The van der Waals surface area contributed by atoms with Crippen LogP contribution in [0, 0.1) is 6.92 Å². The maximum atomic E-state index is 12.0. The number of benzene rings is 1. The van der Waals surface area contributed by atoms with E-state index in [0.717, 1.165) is 31.7 Å². The lowest BCUT2D eigenvalue weighted by Crippen LogP contribution is -2.49. The molecule has 25 heavy (non-hydrogen) atoms. The predicted molar refractivity (Wildman–Crippen MR) is 94.2 cm³/mol. The molecular weight excluding hydrogens is 320 g/mol. The number of amides is 1. The average Bonchev–Trinajstić information content (AvgIpc) is 3.02. The van der Waals surface area contributed by atoms with Crippen LogP contribution in [0.1, 0.15) is 17.4 Å². The number of aromatic nitrogens is 1. The van der Waals surface area contributed by atoms with Crippen molar-refractivity contribution in [3.8, 4) is 0 Å². The Labute approximate surface area is 147 Å². The Balaban J connectivity index is 1.40. The van der Waals surface area contributed by atoms with Crippen molar-refractivity contribution >= 4 is 11.7 Å². The van der Waals surface area contributed by atoms with Crippen LogP contribution in [0.15, 0.2) is 40.9 Å². The summed E-state index contributed by atoms with van der Waals surface area (Å²) in [5.41, 5.74) is 0.937. The number of aryl methyl sites for hydroxylation is 1. The summed E-state index contributed by atoms with van der Waals surface area (Å²) in [5.74, 6) is 1.03. The number of anilines is 1. The van der Waals surface area contributed by atoms with E-state index >= 15 is 0 Å². The van der Waals surface area contributed by atoms with Crippen molar-refractivity contribution < 1.29 is 14.4 Å². The van der Waals surface area contributed by atoms with E-state index < -0.39 is 6.10 Å². The topological polar surface area (TPSA) is 81.8 Å². The number of β-amino-alcohol motifs (C(OH)–C–C–N with tert-alkyl or cyclic N) is 1. The van der Waals surface area contributed by atoms with Crippen molar-refractivity contribution in [3.63, 3.8) is 0 Å². The zero-order valence-corrected chi connectivity index (χ0v) is 14.4. The van der Waals surface area contributed by atoms with Gasteiger partial charge < -0.3 is 14.9 Å². The van der Waals surface area contributed by atoms with Gasteiger partial charge in [-0.05, 0) is 12.5 Å². The smallest absolute Gasteiger partial charge is 0.239 e. The van der Waals surface area contributed by atoms with Crippen LogP contribution < -0.4 is 5.32 Å². The number of carbonyl (C=O) groups is 1. The molecule has 3 rings (SSSR count). The molecule has 1 amide bonds. The fourth-order valence-electron chi connectivity index (χ4n) is 2.97. The van der Waals surface area contributed by atoms with Crippen LogP contribution in [0.5, 0.6) is 0 Å². The molecule has 134 valence electrons. The molecule has 1 aliphatic rings. The largest absolute Gasteiger partial charge is 0.387 e. The van der Waals surface area contributed by atoms with E-state index in [1.54, 1.807) is 13.0 Å². The van der Waals surface area contributed by atoms with Gasteiger partial charge in [-0.15, -0.1) is 0 Å². The van der Waals surface area contributed by atoms with Crippen LogP contribution in [0.2, 0.25) is 0 Å². The molecule has 1 aromatic carbocycles. The van der Waals surface area contributed by atoms with E-state index in [1.165, 1.54) is 0 Å². The summed E-state index contributed by atoms with van der Waals surface area (Å²) >= 11 is 0. The number of aliphatic hydroxyl groups is 1. The van der Waals surface area contributed by atoms with Gasteiger partial charge in [-0.1, -0.05) is 35.5 Å². The third-order valence-electron chi connectivity index (χ3n) is 4.34. The molecule has 0 aliphatic carbocycles. The number of piperazine rings is 1. The summed E-state index contributed by atoms with van der Waals surface area (Å²) < 4.78 is 4.93. The van der Waals surface area contributed by atoms with Crippen molar-refractivity contribution in [1.29, 1.82) is 0 Å². The van der Waals surface area contributed by atoms with Gasteiger partial charge in [0.2, 0.25) is 5.91 Å². The van der Waals surface area contributed by atoms with Gasteiger partial charge in [0, 0.05) is 38.8 Å². The van der Waals surface area contributed by atoms with Crippen LogP contribution >= 0.6 is 0 Å². The lowest BCUT2D eigenvalue weighted by atomic mass is 10.1. The molecule has 0 bridgehead atoms. The SMILES string of the molecule is Cc1cc(NC(=O)CN2CCN(C[C@@H](O)c3ccccc3)CC2)no1. The van der Waals surface area contributed by atoms with E-state index in [4.69, 9.17) is 4.52 Å². The highest BCUT2D eigenvalue weighted by atomic mass is 16.5. The molecule has 1 aromatic heterocycles. The lowest BCUT2D eigenvalue weighted by Gasteiger charge is -2.35. The number of rotatable bonds is 6. The van der Waals surface area contributed by atoms with E-state index in [0.29, 0.717) is 24.7 Å². The van der Waals surface area contributed by atoms with Crippen molar-refractivity contribution in [2.45, 2.75) is 13.0 Å². The molecule has 7 nitrogen and oxygen atoms in total. The fourth-order valence-corrected chi connectivity index (χ4v) is 2.97. The second-order valence-electron chi connectivity index (χ2n) is 6.37. The monoisotopic (exact) mass is 344 g/mol. The van der Waals surface area contributed by atoms with Gasteiger partial charge in [0.1, 0.15) is 5.76 Å². The summed E-state index contributed by atoms with van der Waals surface area (Å²) in [4.78, 5) is 16.4. The Morgan fingerprint density at radius 1 is 1.24 bits per heavy atom.